The van der Waals surface area contributed by atoms with Crippen LogP contribution >= 0.6 is 0 Å². The molecule has 8 aromatic rings. The molecule has 7 aromatic carbocycles. The second-order valence-corrected chi connectivity index (χ2v) is 15.0. The van der Waals surface area contributed by atoms with E-state index in [1.807, 2.05) is 0 Å². The van der Waals surface area contributed by atoms with Crippen molar-refractivity contribution in [2.24, 2.45) is 0 Å². The van der Waals surface area contributed by atoms with Crippen LogP contribution < -0.4 is 27.3 Å². The molecule has 0 unspecified atom stereocenters. The van der Waals surface area contributed by atoms with Gasteiger partial charge in [-0.2, -0.15) is 0 Å². The molecule has 0 aliphatic carbocycles. The minimum atomic E-state index is -0.111. The van der Waals surface area contributed by atoms with Crippen molar-refractivity contribution in [3.8, 4) is 39.1 Å². The predicted molar refractivity (Wildman–Crippen MR) is 241 cm³/mol. The summed E-state index contributed by atoms with van der Waals surface area (Å²) in [6, 6.07) is 44.6. The Morgan fingerprint density at radius 3 is 1.58 bits per heavy atom. The number of aromatic nitrogens is 2. The van der Waals surface area contributed by atoms with Crippen LogP contribution in [0, 0.1) is 0 Å². The number of nitrogens with zero attached hydrogens (tertiary/aromatic N) is 2. The number of fused-ring (bicyclic) bond motifs is 3. The van der Waals surface area contributed by atoms with Crippen LogP contribution in [0.1, 0.15) is 5.82 Å². The van der Waals surface area contributed by atoms with Gasteiger partial charge in [-0.1, -0.05) is 107 Å². The highest BCUT2D eigenvalue weighted by Gasteiger charge is 2.24. The van der Waals surface area contributed by atoms with Gasteiger partial charge in [0, 0.05) is 5.69 Å². The van der Waals surface area contributed by atoms with E-state index in [1.165, 1.54) is 82.2 Å². The zero-order valence-corrected chi connectivity index (χ0v) is 30.4. The molecule has 0 atom stereocenters. The summed E-state index contributed by atoms with van der Waals surface area (Å²) >= 11 is 0. The molecule has 0 saturated heterocycles. The molecule has 0 bridgehead atoms. The van der Waals surface area contributed by atoms with E-state index >= 15 is 0 Å². The lowest BCUT2D eigenvalue weighted by atomic mass is 9.42. The summed E-state index contributed by atoms with van der Waals surface area (Å²) in [7, 11) is 18.1. The van der Waals surface area contributed by atoms with E-state index in [0.29, 0.717) is 0 Å². The fourth-order valence-electron chi connectivity index (χ4n) is 8.06. The van der Waals surface area contributed by atoms with E-state index in [0.717, 1.165) is 22.5 Å². The summed E-state index contributed by atoms with van der Waals surface area (Å²) in [5, 5.41) is 4.95. The lowest BCUT2D eigenvalue weighted by Crippen LogP contribution is -2.55. The molecule has 0 aliphatic rings. The summed E-state index contributed by atoms with van der Waals surface area (Å²) in [6.45, 7) is 0. The Morgan fingerprint density at radius 1 is 0.440 bits per heavy atom. The van der Waals surface area contributed by atoms with Gasteiger partial charge in [0.05, 0.1) is 40.4 Å². The van der Waals surface area contributed by atoms with Gasteiger partial charge in [-0.25, -0.2) is 4.98 Å². The van der Waals surface area contributed by atoms with Gasteiger partial charge in [0.1, 0.15) is 39.2 Å². The van der Waals surface area contributed by atoms with Crippen LogP contribution in [0.5, 0.6) is 0 Å². The quantitative estimate of drug-likeness (QED) is 0.170. The van der Waals surface area contributed by atoms with E-state index in [-0.39, 0.29) is 5.11 Å². The fraction of sp³-hybridized carbons (Fsp3) is 0.0250. The largest absolute Gasteiger partial charge is 0.298 e. The Bertz CT molecular complexity index is 2600. The highest BCUT2D eigenvalue weighted by molar-refractivity contribution is 6.68. The fourth-order valence-corrected chi connectivity index (χ4v) is 8.06. The lowest BCUT2D eigenvalue weighted by molar-refractivity contribution is 0.929. The van der Waals surface area contributed by atoms with Crippen LogP contribution in [0.3, 0.4) is 0 Å². The third-order valence-corrected chi connectivity index (χ3v) is 11.0. The molecule has 2 nitrogen and oxygen atoms in total. The van der Waals surface area contributed by atoms with E-state index in [4.69, 9.17) is 4.98 Å². The molecule has 0 spiro atoms. The highest BCUT2D eigenvalue weighted by Crippen LogP contribution is 2.44. The number of hydrogen-bond acceptors (Lipinski definition) is 1. The molecule has 0 N–H and O–H groups in total. The van der Waals surface area contributed by atoms with Gasteiger partial charge in [0.15, 0.2) is 0 Å². The number of para-hydroxylation sites is 2. The zero-order valence-electron chi connectivity index (χ0n) is 30.4. The number of hydrogen-bond donors (Lipinski definition) is 0. The number of rotatable bonds is 5. The van der Waals surface area contributed by atoms with Crippen molar-refractivity contribution >= 4 is 123 Å². The van der Waals surface area contributed by atoms with Crippen LogP contribution in [0.2, 0.25) is 0 Å². The van der Waals surface area contributed by atoms with Gasteiger partial charge in [-0.05, 0) is 85.3 Å². The first-order chi connectivity index (χ1) is 24.0. The lowest BCUT2D eigenvalue weighted by Gasteiger charge is -2.23. The van der Waals surface area contributed by atoms with Crippen molar-refractivity contribution in [3.63, 3.8) is 0 Å². The SMILES string of the molecule is Bc1c(B)c(B)c(-c2ccc3c(-c4ccc(-n5c(C(B)(B)B)nc6ccccc65)cc4)c4ccccc4c(-c4ccccc4)c3c2)c(B)c1B. The zero-order chi connectivity index (χ0) is 34.9. The summed E-state index contributed by atoms with van der Waals surface area (Å²) in [5.41, 5.74) is 17.8. The molecule has 8 rings (SSSR count). The molecule has 0 fully saturated rings. The molecule has 0 amide bonds. The standard InChI is InChI=1S/C40H36B8N2/c41-34-33(35(42)37(44)38(45)36(34)43)23-16-19-27-28(20-23)32(21-8-2-1-3-9-21)26-11-5-4-10-25(26)31(27)22-14-17-24(18-15-22)50-30-13-7-6-12-29(30)49-39(50)40(46,47)48/h1-20H,41-48H2. The van der Waals surface area contributed by atoms with Gasteiger partial charge in [0.2, 0.25) is 0 Å². The molecule has 0 aliphatic heterocycles. The Hall–Kier alpha value is -4.95. The monoisotopic (exact) mass is 632 g/mol. The van der Waals surface area contributed by atoms with Gasteiger partial charge in [-0.15, -0.1) is 16.4 Å². The van der Waals surface area contributed by atoms with Crippen LogP contribution in [0.4, 0.5) is 0 Å². The molecular formula is C40H36B8N2. The molecule has 1 heterocycles. The second kappa shape index (κ2) is 12.1. The first kappa shape index (κ1) is 32.3. The molecule has 0 radical (unpaired) electrons. The van der Waals surface area contributed by atoms with Crippen molar-refractivity contribution in [2.75, 3.05) is 0 Å². The van der Waals surface area contributed by atoms with Crippen LogP contribution in [-0.4, -0.2) is 72.3 Å². The Balaban J connectivity index is 1.41. The molecule has 230 valence electrons. The minimum Gasteiger partial charge on any atom is -0.298 e. The van der Waals surface area contributed by atoms with Crippen LogP contribution in [0.15, 0.2) is 121 Å². The average molecular weight is 631 g/mol. The minimum absolute atomic E-state index is 0.111. The third-order valence-electron chi connectivity index (χ3n) is 11.0. The summed E-state index contributed by atoms with van der Waals surface area (Å²) < 4.78 is 2.33. The summed E-state index contributed by atoms with van der Waals surface area (Å²) in [6.07, 6.45) is 0. The van der Waals surface area contributed by atoms with E-state index < -0.39 is 0 Å². The molecular weight excluding hydrogens is 595 g/mol. The Morgan fingerprint density at radius 2 is 0.940 bits per heavy atom. The number of imidazole rings is 1. The summed E-state index contributed by atoms with van der Waals surface area (Å²) in [5.74, 6) is 1.06. The van der Waals surface area contributed by atoms with Crippen molar-refractivity contribution in [3.05, 3.63) is 127 Å². The maximum Gasteiger partial charge on any atom is 0.139 e. The van der Waals surface area contributed by atoms with Gasteiger partial charge in [0.25, 0.3) is 0 Å². The van der Waals surface area contributed by atoms with Gasteiger partial charge >= 0.3 is 0 Å². The van der Waals surface area contributed by atoms with Crippen molar-refractivity contribution in [2.45, 2.75) is 5.11 Å². The first-order valence-electron chi connectivity index (χ1n) is 17.7. The highest BCUT2D eigenvalue weighted by atomic mass is 15.1. The van der Waals surface area contributed by atoms with Crippen molar-refractivity contribution in [1.82, 2.24) is 9.55 Å². The smallest absolute Gasteiger partial charge is 0.139 e. The van der Waals surface area contributed by atoms with E-state index in [9.17, 15) is 0 Å². The average Bonchev–Trinajstić information content (AvgIpc) is 3.53. The molecule has 10 heteroatoms. The van der Waals surface area contributed by atoms with Crippen LogP contribution in [0.25, 0.3) is 71.6 Å². The number of benzene rings is 7. The third kappa shape index (κ3) is 5.11. The molecule has 0 saturated carbocycles. The summed E-state index contributed by atoms with van der Waals surface area (Å²) in [4.78, 5) is 5.09. The Labute approximate surface area is 302 Å². The Kier molecular flexibility index (Phi) is 7.83. The predicted octanol–water partition coefficient (Wildman–Crippen LogP) is -1.37. The van der Waals surface area contributed by atoms with Crippen molar-refractivity contribution in [1.29, 1.82) is 0 Å². The normalized spacial score (nSPS) is 11.8. The topological polar surface area (TPSA) is 17.8 Å². The molecule has 50 heavy (non-hydrogen) atoms. The first-order valence-corrected chi connectivity index (χ1v) is 17.7. The van der Waals surface area contributed by atoms with Crippen LogP contribution in [-0.2, 0) is 5.11 Å². The van der Waals surface area contributed by atoms with Gasteiger partial charge < -0.3 is 0 Å². The van der Waals surface area contributed by atoms with Gasteiger partial charge in [-0.3, -0.25) is 4.57 Å². The second-order valence-electron chi connectivity index (χ2n) is 15.0. The van der Waals surface area contributed by atoms with E-state index in [1.54, 1.807) is 0 Å². The van der Waals surface area contributed by atoms with E-state index in [2.05, 4.69) is 189 Å². The molecule has 1 aromatic heterocycles. The maximum absolute atomic E-state index is 5.09. The maximum atomic E-state index is 5.09. The van der Waals surface area contributed by atoms with Crippen molar-refractivity contribution < 1.29 is 0 Å².